The predicted octanol–water partition coefficient (Wildman–Crippen LogP) is 2.26. The van der Waals surface area contributed by atoms with E-state index in [2.05, 4.69) is 25.2 Å². The van der Waals surface area contributed by atoms with Gasteiger partial charge >= 0.3 is 0 Å². The Bertz CT molecular complexity index is 928. The molecule has 1 heterocycles. The van der Waals surface area contributed by atoms with Crippen LogP contribution >= 0.6 is 0 Å². The number of aromatic nitrogens is 2. The lowest BCUT2D eigenvalue weighted by Gasteiger charge is -2.18. The standard InChI is InChI=1S/C19H21N3O/c1-12-9-10-17(13(2)11-12)22-18(14(3)20-4)21-16-8-6-5-7-15(16)19(22)23/h5-11,14,20H,1-4H3/p+1/t14-/m1/s1. The monoisotopic (exact) mass is 308 g/mol. The third-order valence-corrected chi connectivity index (χ3v) is 4.30. The quantitative estimate of drug-likeness (QED) is 0.807. The summed E-state index contributed by atoms with van der Waals surface area (Å²) in [6.07, 6.45) is 0. The predicted molar refractivity (Wildman–Crippen MR) is 93.1 cm³/mol. The van der Waals surface area contributed by atoms with Gasteiger partial charge in [-0.3, -0.25) is 9.36 Å². The highest BCUT2D eigenvalue weighted by atomic mass is 16.1. The molecule has 0 spiro atoms. The maximum atomic E-state index is 13.1. The Morgan fingerprint density at radius 1 is 1.13 bits per heavy atom. The summed E-state index contributed by atoms with van der Waals surface area (Å²) in [5.41, 5.74) is 3.91. The molecule has 0 fully saturated rings. The van der Waals surface area contributed by atoms with Gasteiger partial charge < -0.3 is 5.32 Å². The van der Waals surface area contributed by atoms with Gasteiger partial charge in [-0.25, -0.2) is 4.98 Å². The molecule has 23 heavy (non-hydrogen) atoms. The molecule has 3 rings (SSSR count). The topological polar surface area (TPSA) is 51.5 Å². The molecule has 0 saturated carbocycles. The summed E-state index contributed by atoms with van der Waals surface area (Å²) in [5, 5.41) is 2.72. The molecule has 2 aromatic carbocycles. The van der Waals surface area contributed by atoms with Gasteiger partial charge in [-0.05, 0) is 44.5 Å². The number of fused-ring (bicyclic) bond motifs is 1. The molecule has 1 atom stereocenters. The summed E-state index contributed by atoms with van der Waals surface area (Å²) in [7, 11) is 2.00. The molecule has 0 saturated heterocycles. The first kappa shape index (κ1) is 15.4. The fourth-order valence-corrected chi connectivity index (χ4v) is 2.89. The maximum Gasteiger partial charge on any atom is 0.266 e. The summed E-state index contributed by atoms with van der Waals surface area (Å²) in [5.74, 6) is 0.781. The zero-order chi connectivity index (χ0) is 16.6. The Labute approximate surface area is 135 Å². The van der Waals surface area contributed by atoms with Crippen LogP contribution in [0.2, 0.25) is 0 Å². The van der Waals surface area contributed by atoms with Gasteiger partial charge in [-0.15, -0.1) is 0 Å². The molecule has 0 radical (unpaired) electrons. The minimum atomic E-state index is -0.00810. The average Bonchev–Trinajstić information content (AvgIpc) is 2.55. The zero-order valence-corrected chi connectivity index (χ0v) is 14.0. The van der Waals surface area contributed by atoms with Crippen LogP contribution in [0.25, 0.3) is 16.6 Å². The van der Waals surface area contributed by atoms with E-state index >= 15 is 0 Å². The van der Waals surface area contributed by atoms with Crippen LogP contribution in [0.5, 0.6) is 0 Å². The number of hydrogen-bond acceptors (Lipinski definition) is 2. The van der Waals surface area contributed by atoms with Crippen LogP contribution in [0.3, 0.4) is 0 Å². The number of quaternary nitrogens is 1. The Morgan fingerprint density at radius 2 is 1.87 bits per heavy atom. The zero-order valence-electron chi connectivity index (χ0n) is 14.0. The largest absolute Gasteiger partial charge is 0.340 e. The van der Waals surface area contributed by atoms with Crippen molar-refractivity contribution in [2.24, 2.45) is 0 Å². The summed E-state index contributed by atoms with van der Waals surface area (Å²) in [4.78, 5) is 17.9. The van der Waals surface area contributed by atoms with Crippen LogP contribution in [0.15, 0.2) is 47.3 Å². The van der Waals surface area contributed by atoms with Crippen molar-refractivity contribution >= 4 is 10.9 Å². The number of nitrogens with zero attached hydrogens (tertiary/aromatic N) is 2. The van der Waals surface area contributed by atoms with E-state index in [4.69, 9.17) is 4.98 Å². The molecule has 0 aliphatic rings. The van der Waals surface area contributed by atoms with Gasteiger partial charge in [0.1, 0.15) is 6.04 Å². The van der Waals surface area contributed by atoms with Gasteiger partial charge in [0.25, 0.3) is 5.56 Å². The van der Waals surface area contributed by atoms with Crippen molar-refractivity contribution in [3.8, 4) is 5.69 Å². The first-order chi connectivity index (χ1) is 11.0. The van der Waals surface area contributed by atoms with E-state index in [-0.39, 0.29) is 11.6 Å². The van der Waals surface area contributed by atoms with Crippen molar-refractivity contribution in [3.05, 3.63) is 69.8 Å². The van der Waals surface area contributed by atoms with E-state index in [9.17, 15) is 4.79 Å². The number of rotatable bonds is 3. The van der Waals surface area contributed by atoms with Crippen LogP contribution < -0.4 is 10.9 Å². The van der Waals surface area contributed by atoms with Gasteiger partial charge in [0.15, 0.2) is 5.82 Å². The molecular formula is C19H22N3O+. The van der Waals surface area contributed by atoms with E-state index in [1.54, 1.807) is 4.57 Å². The van der Waals surface area contributed by atoms with E-state index in [0.29, 0.717) is 5.39 Å². The molecule has 0 unspecified atom stereocenters. The Hall–Kier alpha value is -2.46. The molecule has 4 nitrogen and oxygen atoms in total. The van der Waals surface area contributed by atoms with E-state index in [1.165, 1.54) is 5.56 Å². The number of nitrogens with two attached hydrogens (primary N) is 1. The molecule has 2 N–H and O–H groups in total. The molecule has 0 aliphatic carbocycles. The highest BCUT2D eigenvalue weighted by Gasteiger charge is 2.19. The van der Waals surface area contributed by atoms with Crippen LogP contribution in [-0.4, -0.2) is 16.6 Å². The molecule has 0 amide bonds. The summed E-state index contributed by atoms with van der Waals surface area (Å²) in [6, 6.07) is 13.8. The number of hydrogen-bond donors (Lipinski definition) is 1. The molecule has 0 bridgehead atoms. The highest BCUT2D eigenvalue weighted by molar-refractivity contribution is 5.78. The van der Waals surface area contributed by atoms with Crippen LogP contribution in [0.4, 0.5) is 0 Å². The Kier molecular flexibility index (Phi) is 4.01. The SMILES string of the molecule is C[NH2+][C@H](C)c1nc2ccccc2c(=O)n1-c1ccc(C)cc1C. The average molecular weight is 308 g/mol. The normalized spacial score (nSPS) is 12.5. The number of aryl methyl sites for hydroxylation is 2. The Morgan fingerprint density at radius 3 is 2.57 bits per heavy atom. The van der Waals surface area contributed by atoms with Crippen molar-refractivity contribution in [1.29, 1.82) is 0 Å². The smallest absolute Gasteiger partial charge is 0.266 e. The van der Waals surface area contributed by atoms with Crippen molar-refractivity contribution in [2.75, 3.05) is 7.05 Å². The molecule has 3 aromatic rings. The van der Waals surface area contributed by atoms with Crippen molar-refractivity contribution in [1.82, 2.24) is 9.55 Å². The molecule has 4 heteroatoms. The third-order valence-electron chi connectivity index (χ3n) is 4.30. The van der Waals surface area contributed by atoms with Gasteiger partial charge in [-0.2, -0.15) is 0 Å². The second kappa shape index (κ2) is 5.97. The van der Waals surface area contributed by atoms with E-state index in [0.717, 1.165) is 22.6 Å². The number of benzene rings is 2. The van der Waals surface area contributed by atoms with Gasteiger partial charge in [0.05, 0.1) is 23.6 Å². The molecule has 1 aromatic heterocycles. The van der Waals surface area contributed by atoms with Crippen molar-refractivity contribution in [3.63, 3.8) is 0 Å². The van der Waals surface area contributed by atoms with E-state index in [1.807, 2.05) is 50.4 Å². The maximum absolute atomic E-state index is 13.1. The second-order valence-electron chi connectivity index (χ2n) is 6.04. The van der Waals surface area contributed by atoms with Gasteiger partial charge in [0, 0.05) is 0 Å². The Balaban J connectivity index is 2.42. The minimum Gasteiger partial charge on any atom is -0.340 e. The summed E-state index contributed by atoms with van der Waals surface area (Å²) in [6.45, 7) is 6.16. The fourth-order valence-electron chi connectivity index (χ4n) is 2.89. The first-order valence-electron chi connectivity index (χ1n) is 7.91. The minimum absolute atomic E-state index is 0.00810. The van der Waals surface area contributed by atoms with Crippen LogP contribution in [0, 0.1) is 13.8 Å². The van der Waals surface area contributed by atoms with Crippen molar-refractivity contribution in [2.45, 2.75) is 26.8 Å². The summed E-state index contributed by atoms with van der Waals surface area (Å²) >= 11 is 0. The number of para-hydroxylation sites is 1. The molecule has 0 aliphatic heterocycles. The molecule has 118 valence electrons. The van der Waals surface area contributed by atoms with Gasteiger partial charge in [0.2, 0.25) is 0 Å². The van der Waals surface area contributed by atoms with Crippen LogP contribution in [-0.2, 0) is 0 Å². The first-order valence-corrected chi connectivity index (χ1v) is 7.91. The lowest BCUT2D eigenvalue weighted by Crippen LogP contribution is -2.80. The lowest BCUT2D eigenvalue weighted by molar-refractivity contribution is -0.668. The van der Waals surface area contributed by atoms with Crippen molar-refractivity contribution < 1.29 is 5.32 Å². The lowest BCUT2D eigenvalue weighted by atomic mass is 10.1. The highest BCUT2D eigenvalue weighted by Crippen LogP contribution is 2.19. The summed E-state index contributed by atoms with van der Waals surface area (Å²) < 4.78 is 1.77. The fraction of sp³-hybridized carbons (Fsp3) is 0.263. The molecular weight excluding hydrogens is 286 g/mol. The second-order valence-corrected chi connectivity index (χ2v) is 6.04. The van der Waals surface area contributed by atoms with E-state index < -0.39 is 0 Å². The third kappa shape index (κ3) is 2.66. The van der Waals surface area contributed by atoms with Gasteiger partial charge in [-0.1, -0.05) is 29.8 Å². The van der Waals surface area contributed by atoms with Crippen LogP contribution in [0.1, 0.15) is 29.9 Å².